The molecule has 4 aliphatic heterocycles. The molecule has 0 aliphatic carbocycles. The Hall–Kier alpha value is -2.19. The Kier molecular flexibility index (Phi) is 6.20. The van der Waals surface area contributed by atoms with Gasteiger partial charge in [-0.1, -0.05) is 31.2 Å². The van der Waals surface area contributed by atoms with Crippen LogP contribution in [-0.2, 0) is 23.9 Å². The van der Waals surface area contributed by atoms with Gasteiger partial charge in [-0.3, -0.25) is 14.4 Å². The first-order valence-electron chi connectivity index (χ1n) is 12.1. The monoisotopic (exact) mass is 460 g/mol. The van der Waals surface area contributed by atoms with Gasteiger partial charge in [-0.2, -0.15) is 0 Å². The molecule has 4 heterocycles. The van der Waals surface area contributed by atoms with E-state index in [1.165, 1.54) is 4.90 Å². The van der Waals surface area contributed by atoms with E-state index in [-0.39, 0.29) is 25.0 Å². The summed E-state index contributed by atoms with van der Waals surface area (Å²) >= 11 is 0. The van der Waals surface area contributed by atoms with Crippen LogP contribution in [0.25, 0.3) is 0 Å². The first-order chi connectivity index (χ1) is 15.6. The number of cyclic esters (lactones) is 1. The van der Waals surface area contributed by atoms with Gasteiger partial charge in [0.15, 0.2) is 0 Å². The fourth-order valence-corrected chi connectivity index (χ4v) is 5.99. The number of ether oxygens (including phenoxy) is 2. The lowest BCUT2D eigenvalue weighted by atomic mass is 9.73. The lowest BCUT2D eigenvalue weighted by Gasteiger charge is -2.41. The van der Waals surface area contributed by atoms with Crippen LogP contribution in [0.5, 0.6) is 0 Å². The molecule has 2 amide bonds. The molecule has 1 N–H and O–H groups in total. The Balaban J connectivity index is 1.90. The van der Waals surface area contributed by atoms with Crippen molar-refractivity contribution in [2.24, 2.45) is 11.8 Å². The van der Waals surface area contributed by atoms with Gasteiger partial charge in [0, 0.05) is 18.6 Å². The minimum absolute atomic E-state index is 0.000591. The number of fused-ring (bicyclic) bond motifs is 2. The maximum Gasteiger partial charge on any atom is 0.313 e. The third-order valence-electron chi connectivity index (χ3n) is 7.53. The van der Waals surface area contributed by atoms with E-state index < -0.39 is 40.6 Å². The zero-order chi connectivity index (χ0) is 24.0. The average Bonchev–Trinajstić information content (AvgIpc) is 3.09. The van der Waals surface area contributed by atoms with Crippen LogP contribution in [0.15, 0.2) is 24.3 Å². The highest BCUT2D eigenvalue weighted by Crippen LogP contribution is 2.58. The van der Waals surface area contributed by atoms with Crippen molar-refractivity contribution in [3.05, 3.63) is 24.3 Å². The largest absolute Gasteiger partial charge is 0.465 e. The summed E-state index contributed by atoms with van der Waals surface area (Å²) < 4.78 is 12.4. The van der Waals surface area contributed by atoms with Crippen molar-refractivity contribution >= 4 is 17.8 Å². The summed E-state index contributed by atoms with van der Waals surface area (Å²) in [6, 6.07) is -0.956. The van der Waals surface area contributed by atoms with E-state index in [0.717, 1.165) is 19.3 Å². The Morgan fingerprint density at radius 2 is 1.85 bits per heavy atom. The van der Waals surface area contributed by atoms with E-state index in [1.807, 2.05) is 52.0 Å². The smallest absolute Gasteiger partial charge is 0.313 e. The van der Waals surface area contributed by atoms with Crippen LogP contribution in [0, 0.1) is 11.8 Å². The minimum Gasteiger partial charge on any atom is -0.465 e. The summed E-state index contributed by atoms with van der Waals surface area (Å²) in [4.78, 5) is 44.4. The quantitative estimate of drug-likeness (QED) is 0.510. The number of allylic oxidation sites excluding steroid dienone is 1. The van der Waals surface area contributed by atoms with Gasteiger partial charge in [0.2, 0.25) is 11.8 Å². The van der Waals surface area contributed by atoms with E-state index in [1.54, 1.807) is 4.90 Å². The highest BCUT2D eigenvalue weighted by Gasteiger charge is 2.75. The molecule has 4 aliphatic rings. The number of aliphatic hydroxyl groups is 1. The van der Waals surface area contributed by atoms with Gasteiger partial charge < -0.3 is 24.4 Å². The first-order valence-corrected chi connectivity index (χ1v) is 12.1. The van der Waals surface area contributed by atoms with Crippen molar-refractivity contribution in [2.45, 2.75) is 76.2 Å². The van der Waals surface area contributed by atoms with E-state index in [9.17, 15) is 19.5 Å². The minimum atomic E-state index is -1.30. The molecular weight excluding hydrogens is 424 g/mol. The summed E-state index contributed by atoms with van der Waals surface area (Å²) in [7, 11) is 0. The number of carbonyl (C=O) groups excluding carboxylic acids is 3. The fourth-order valence-electron chi connectivity index (χ4n) is 5.99. The number of aliphatic hydroxyl groups excluding tert-OH is 1. The van der Waals surface area contributed by atoms with Gasteiger partial charge in [-0.15, -0.1) is 0 Å². The third kappa shape index (κ3) is 3.62. The van der Waals surface area contributed by atoms with Gasteiger partial charge in [-0.25, -0.2) is 0 Å². The SMILES string of the molecule is CC[C@@]12/C=C\CCCCOC(=O)[C@@H]1[C@H]1C(=O)N(CCO)C3C(=O)N(C(C)(C)C)CC=C[C@@]31O2. The molecule has 5 atom stereocenters. The lowest BCUT2D eigenvalue weighted by Crippen LogP contribution is -2.59. The molecule has 1 unspecified atom stereocenters. The molecule has 0 aromatic carbocycles. The molecule has 2 saturated heterocycles. The molecule has 0 aromatic rings. The molecule has 8 nitrogen and oxygen atoms in total. The number of likely N-dealkylation sites (tertiary alicyclic amines) is 1. The maximum absolute atomic E-state index is 14.0. The van der Waals surface area contributed by atoms with Crippen LogP contribution in [0.2, 0.25) is 0 Å². The lowest BCUT2D eigenvalue weighted by molar-refractivity contribution is -0.162. The summed E-state index contributed by atoms with van der Waals surface area (Å²) in [6.07, 6.45) is 10.6. The van der Waals surface area contributed by atoms with Crippen molar-refractivity contribution in [2.75, 3.05) is 26.3 Å². The van der Waals surface area contributed by atoms with Crippen molar-refractivity contribution < 1.29 is 29.0 Å². The first kappa shape index (κ1) is 24.0. The predicted octanol–water partition coefficient (Wildman–Crippen LogP) is 1.82. The fraction of sp³-hybridized carbons (Fsp3) is 0.720. The number of hydrogen-bond donors (Lipinski definition) is 1. The van der Waals surface area contributed by atoms with Crippen LogP contribution in [0.4, 0.5) is 0 Å². The number of esters is 1. The molecule has 0 radical (unpaired) electrons. The summed E-state index contributed by atoms with van der Waals surface area (Å²) in [5.74, 6) is -2.80. The number of hydrogen-bond acceptors (Lipinski definition) is 6. The molecule has 4 rings (SSSR count). The van der Waals surface area contributed by atoms with E-state index in [2.05, 4.69) is 0 Å². The van der Waals surface area contributed by atoms with Gasteiger partial charge in [0.25, 0.3) is 0 Å². The van der Waals surface area contributed by atoms with Gasteiger partial charge >= 0.3 is 5.97 Å². The highest BCUT2D eigenvalue weighted by atomic mass is 16.6. The second kappa shape index (κ2) is 8.55. The standard InChI is InChI=1S/C25H36N2O6/c1-5-24-11-8-6-7-9-16-32-22(31)18(24)17-20(29)26(14-15-28)19-21(30)27(23(2,3)4)13-10-12-25(17,19)33-24/h8,10-12,17-19,28H,5-7,9,13-16H2,1-4H3/b11-8-/t17-,18-,19?,24+,25-/m0/s1. The zero-order valence-electron chi connectivity index (χ0n) is 20.1. The van der Waals surface area contributed by atoms with Crippen LogP contribution < -0.4 is 0 Å². The molecule has 33 heavy (non-hydrogen) atoms. The maximum atomic E-state index is 14.0. The summed E-state index contributed by atoms with van der Waals surface area (Å²) in [5.41, 5.74) is -2.82. The molecule has 8 heteroatoms. The predicted molar refractivity (Wildman–Crippen MR) is 121 cm³/mol. The highest BCUT2D eigenvalue weighted by molar-refractivity contribution is 5.99. The average molecular weight is 461 g/mol. The molecule has 182 valence electrons. The summed E-state index contributed by atoms with van der Waals surface area (Å²) in [6.45, 7) is 8.17. The molecule has 2 fully saturated rings. The van der Waals surface area contributed by atoms with Crippen LogP contribution in [0.3, 0.4) is 0 Å². The van der Waals surface area contributed by atoms with Crippen LogP contribution in [-0.4, -0.2) is 81.8 Å². The summed E-state index contributed by atoms with van der Waals surface area (Å²) in [5, 5.41) is 9.73. The van der Waals surface area contributed by atoms with E-state index in [4.69, 9.17) is 9.47 Å². The number of rotatable bonds is 3. The van der Waals surface area contributed by atoms with Gasteiger partial charge in [0.05, 0.1) is 19.1 Å². The number of amides is 2. The van der Waals surface area contributed by atoms with Crippen molar-refractivity contribution in [1.29, 1.82) is 0 Å². The number of β-amino-alcohol motifs (C(OH)–C–C–N with tert-alkyl or cyclic N) is 1. The second-order valence-corrected chi connectivity index (χ2v) is 10.5. The van der Waals surface area contributed by atoms with Gasteiger partial charge in [-0.05, 0) is 46.5 Å². The molecule has 0 saturated carbocycles. The van der Waals surface area contributed by atoms with Gasteiger partial charge in [0.1, 0.15) is 23.2 Å². The molecular formula is C25H36N2O6. The Morgan fingerprint density at radius 1 is 1.09 bits per heavy atom. The zero-order valence-corrected chi connectivity index (χ0v) is 20.1. The van der Waals surface area contributed by atoms with E-state index >= 15 is 0 Å². The third-order valence-corrected chi connectivity index (χ3v) is 7.53. The van der Waals surface area contributed by atoms with Crippen molar-refractivity contribution in [3.63, 3.8) is 0 Å². The Bertz CT molecular complexity index is 877. The number of carbonyl (C=O) groups is 3. The van der Waals surface area contributed by atoms with Crippen molar-refractivity contribution in [1.82, 2.24) is 9.80 Å². The van der Waals surface area contributed by atoms with Crippen LogP contribution in [0.1, 0.15) is 53.4 Å². The normalized spacial score (nSPS) is 37.8. The number of nitrogens with zero attached hydrogens (tertiary/aromatic N) is 2. The molecule has 0 aromatic heterocycles. The Morgan fingerprint density at radius 3 is 2.52 bits per heavy atom. The molecule has 1 spiro atoms. The van der Waals surface area contributed by atoms with Crippen molar-refractivity contribution in [3.8, 4) is 0 Å². The van der Waals surface area contributed by atoms with E-state index in [0.29, 0.717) is 19.6 Å². The Labute approximate surface area is 195 Å². The second-order valence-electron chi connectivity index (χ2n) is 10.5. The van der Waals surface area contributed by atoms with Crippen LogP contribution >= 0.6 is 0 Å². The topological polar surface area (TPSA) is 96.4 Å². The molecule has 0 bridgehead atoms.